The summed E-state index contributed by atoms with van der Waals surface area (Å²) in [6.07, 6.45) is 1.18. The Bertz CT molecular complexity index is 1020. The topological polar surface area (TPSA) is 108 Å². The normalized spacial score (nSPS) is 19.8. The number of rotatable bonds is 4. The third-order valence-electron chi connectivity index (χ3n) is 5.38. The first-order valence-electron chi connectivity index (χ1n) is 9.29. The summed E-state index contributed by atoms with van der Waals surface area (Å²) in [6, 6.07) is 13.3. The van der Waals surface area contributed by atoms with E-state index in [1.54, 1.807) is 24.3 Å². The number of aryl methyl sites for hydroxylation is 1. The molecule has 1 heterocycles. The van der Waals surface area contributed by atoms with Crippen LogP contribution in [-0.2, 0) is 21.5 Å². The van der Waals surface area contributed by atoms with Gasteiger partial charge in [0.2, 0.25) is 5.91 Å². The zero-order valence-electron chi connectivity index (χ0n) is 15.8. The van der Waals surface area contributed by atoms with Crippen molar-refractivity contribution in [1.82, 2.24) is 15.5 Å². The highest BCUT2D eigenvalue weighted by atomic mass is 16.2. The van der Waals surface area contributed by atoms with Crippen LogP contribution in [0.1, 0.15) is 27.9 Å². The van der Waals surface area contributed by atoms with E-state index in [1.807, 2.05) is 24.3 Å². The lowest BCUT2D eigenvalue weighted by Crippen LogP contribution is -2.43. The largest absolute Gasteiger partial charge is 0.355 e. The molecule has 2 aliphatic rings. The molecule has 0 aromatic heterocycles. The highest BCUT2D eigenvalue weighted by Crippen LogP contribution is 2.41. The van der Waals surface area contributed by atoms with Crippen molar-refractivity contribution in [3.63, 3.8) is 0 Å². The second-order valence-electron chi connectivity index (χ2n) is 7.09. The average Bonchev–Trinajstić information content (AvgIpc) is 3.21. The minimum absolute atomic E-state index is 0.232. The van der Waals surface area contributed by atoms with Crippen molar-refractivity contribution in [3.05, 3.63) is 65.2 Å². The van der Waals surface area contributed by atoms with E-state index in [2.05, 4.69) is 16.0 Å². The van der Waals surface area contributed by atoms with E-state index in [9.17, 15) is 19.2 Å². The summed E-state index contributed by atoms with van der Waals surface area (Å²) in [6.45, 7) is -0.383. The Labute approximate surface area is 167 Å². The molecule has 1 aliphatic heterocycles. The van der Waals surface area contributed by atoms with E-state index in [0.29, 0.717) is 24.1 Å². The Hall–Kier alpha value is -3.68. The van der Waals surface area contributed by atoms with Crippen LogP contribution in [0.3, 0.4) is 0 Å². The van der Waals surface area contributed by atoms with Crippen molar-refractivity contribution in [2.24, 2.45) is 0 Å². The lowest BCUT2D eigenvalue weighted by Gasteiger charge is -2.22. The Balaban J connectivity index is 1.46. The fourth-order valence-electron chi connectivity index (χ4n) is 3.93. The van der Waals surface area contributed by atoms with Gasteiger partial charge in [-0.3, -0.25) is 19.3 Å². The Morgan fingerprint density at radius 2 is 1.83 bits per heavy atom. The molecule has 1 atom stereocenters. The molecule has 0 bridgehead atoms. The lowest BCUT2D eigenvalue weighted by molar-refractivity contribution is -0.134. The smallest absolute Gasteiger partial charge is 0.325 e. The van der Waals surface area contributed by atoms with Crippen LogP contribution in [0.5, 0.6) is 0 Å². The van der Waals surface area contributed by atoms with Crippen LogP contribution in [0.4, 0.5) is 10.5 Å². The summed E-state index contributed by atoms with van der Waals surface area (Å²) in [5, 5.41) is 7.96. The van der Waals surface area contributed by atoms with Crippen molar-refractivity contribution in [1.29, 1.82) is 0 Å². The van der Waals surface area contributed by atoms with Gasteiger partial charge in [-0.25, -0.2) is 4.79 Å². The number of hydrogen-bond donors (Lipinski definition) is 3. The molecule has 1 saturated heterocycles. The van der Waals surface area contributed by atoms with Gasteiger partial charge in [-0.05, 0) is 48.2 Å². The summed E-state index contributed by atoms with van der Waals surface area (Å²) < 4.78 is 0. The second-order valence-corrected chi connectivity index (χ2v) is 7.09. The molecule has 29 heavy (non-hydrogen) atoms. The highest BCUT2D eigenvalue weighted by Gasteiger charge is 2.55. The fourth-order valence-corrected chi connectivity index (χ4v) is 3.93. The van der Waals surface area contributed by atoms with Gasteiger partial charge < -0.3 is 16.0 Å². The van der Waals surface area contributed by atoms with Gasteiger partial charge in [0.15, 0.2) is 0 Å². The van der Waals surface area contributed by atoms with Gasteiger partial charge in [0.1, 0.15) is 12.1 Å². The van der Waals surface area contributed by atoms with E-state index in [-0.39, 0.29) is 12.5 Å². The van der Waals surface area contributed by atoms with Crippen LogP contribution in [0.15, 0.2) is 48.5 Å². The van der Waals surface area contributed by atoms with Crippen molar-refractivity contribution in [2.45, 2.75) is 18.4 Å². The molecule has 8 nitrogen and oxygen atoms in total. The lowest BCUT2D eigenvalue weighted by atomic mass is 9.92. The number of hydrogen-bond acceptors (Lipinski definition) is 4. The summed E-state index contributed by atoms with van der Waals surface area (Å²) in [4.78, 5) is 50.5. The van der Waals surface area contributed by atoms with Gasteiger partial charge in [-0.2, -0.15) is 0 Å². The molecule has 1 unspecified atom stereocenters. The predicted molar refractivity (Wildman–Crippen MR) is 105 cm³/mol. The summed E-state index contributed by atoms with van der Waals surface area (Å²) in [7, 11) is 1.53. The summed E-state index contributed by atoms with van der Waals surface area (Å²) >= 11 is 0. The van der Waals surface area contributed by atoms with E-state index in [4.69, 9.17) is 0 Å². The molecule has 2 aromatic rings. The molecule has 0 radical (unpaired) electrons. The number of fused-ring (bicyclic) bond motifs is 2. The Kier molecular flexibility index (Phi) is 4.54. The number of benzene rings is 2. The Morgan fingerprint density at radius 3 is 2.55 bits per heavy atom. The molecule has 148 valence electrons. The van der Waals surface area contributed by atoms with Crippen LogP contribution in [0, 0.1) is 0 Å². The number of nitrogens with one attached hydrogen (secondary N) is 3. The molecular formula is C21H20N4O4. The van der Waals surface area contributed by atoms with E-state index in [0.717, 1.165) is 16.0 Å². The quantitative estimate of drug-likeness (QED) is 0.683. The van der Waals surface area contributed by atoms with E-state index >= 15 is 0 Å². The molecule has 4 rings (SSSR count). The third-order valence-corrected chi connectivity index (χ3v) is 5.38. The molecule has 1 spiro atoms. The summed E-state index contributed by atoms with van der Waals surface area (Å²) in [5.41, 5.74) is 1.68. The average molecular weight is 392 g/mol. The first kappa shape index (κ1) is 18.7. The first-order valence-corrected chi connectivity index (χ1v) is 9.29. The minimum atomic E-state index is -1.08. The van der Waals surface area contributed by atoms with Gasteiger partial charge in [0.05, 0.1) is 0 Å². The second kappa shape index (κ2) is 7.05. The zero-order valence-corrected chi connectivity index (χ0v) is 15.8. The fraction of sp³-hybridized carbons (Fsp3) is 0.238. The molecule has 5 amide bonds. The SMILES string of the molecule is CNC(=O)c1ccc(NC(=O)CN2C(=O)NC3(CCc4ccccc43)C2=O)cc1. The van der Waals surface area contributed by atoms with Gasteiger partial charge in [-0.15, -0.1) is 0 Å². The maximum atomic E-state index is 13.1. The van der Waals surface area contributed by atoms with Crippen molar-refractivity contribution in [3.8, 4) is 0 Å². The molecule has 3 N–H and O–H groups in total. The Morgan fingerprint density at radius 1 is 1.10 bits per heavy atom. The first-order chi connectivity index (χ1) is 13.9. The monoisotopic (exact) mass is 392 g/mol. The number of carbonyl (C=O) groups is 4. The number of urea groups is 1. The van der Waals surface area contributed by atoms with Crippen LogP contribution in [0.25, 0.3) is 0 Å². The standard InChI is InChI=1S/C21H20N4O4/c1-22-18(27)14-6-8-15(9-7-14)23-17(26)12-25-19(28)21(24-20(25)29)11-10-13-4-2-3-5-16(13)21/h2-9H,10-12H2,1H3,(H,22,27)(H,23,26)(H,24,29). The van der Waals surface area contributed by atoms with Crippen molar-refractivity contribution >= 4 is 29.4 Å². The van der Waals surface area contributed by atoms with Crippen LogP contribution >= 0.6 is 0 Å². The number of amides is 5. The maximum absolute atomic E-state index is 13.1. The van der Waals surface area contributed by atoms with Crippen LogP contribution in [0.2, 0.25) is 0 Å². The van der Waals surface area contributed by atoms with E-state index < -0.39 is 23.4 Å². The minimum Gasteiger partial charge on any atom is -0.355 e. The molecule has 0 saturated carbocycles. The van der Waals surface area contributed by atoms with Crippen LogP contribution in [-0.4, -0.2) is 42.2 Å². The number of nitrogens with zero attached hydrogens (tertiary/aromatic N) is 1. The molecule has 2 aromatic carbocycles. The zero-order chi connectivity index (χ0) is 20.6. The third kappa shape index (κ3) is 3.12. The van der Waals surface area contributed by atoms with Crippen molar-refractivity contribution in [2.75, 3.05) is 18.9 Å². The molecule has 8 heteroatoms. The molecule has 1 fully saturated rings. The van der Waals surface area contributed by atoms with Gasteiger partial charge in [0, 0.05) is 18.3 Å². The van der Waals surface area contributed by atoms with Gasteiger partial charge >= 0.3 is 6.03 Å². The maximum Gasteiger partial charge on any atom is 0.325 e. The molecule has 1 aliphatic carbocycles. The molecular weight excluding hydrogens is 372 g/mol. The van der Waals surface area contributed by atoms with E-state index in [1.165, 1.54) is 7.05 Å². The predicted octanol–water partition coefficient (Wildman–Crippen LogP) is 1.38. The van der Waals surface area contributed by atoms with Gasteiger partial charge in [-0.1, -0.05) is 24.3 Å². The van der Waals surface area contributed by atoms with Gasteiger partial charge in [0.25, 0.3) is 11.8 Å². The van der Waals surface area contributed by atoms with Crippen molar-refractivity contribution < 1.29 is 19.2 Å². The number of imide groups is 1. The van der Waals surface area contributed by atoms with Crippen LogP contribution < -0.4 is 16.0 Å². The number of carbonyl (C=O) groups excluding carboxylic acids is 4. The number of anilines is 1. The summed E-state index contributed by atoms with van der Waals surface area (Å²) in [5.74, 6) is -1.13. The highest BCUT2D eigenvalue weighted by molar-refractivity contribution is 6.11.